The number of rotatable bonds is 4. The van der Waals surface area contributed by atoms with Gasteiger partial charge in [-0.2, -0.15) is 10.4 Å². The van der Waals surface area contributed by atoms with E-state index in [1.807, 2.05) is 0 Å². The summed E-state index contributed by atoms with van der Waals surface area (Å²) in [5.41, 5.74) is 6.17. The maximum atomic E-state index is 9.08. The van der Waals surface area contributed by atoms with E-state index in [0.717, 1.165) is 31.1 Å². The fourth-order valence-electron chi connectivity index (χ4n) is 6.86. The maximum absolute atomic E-state index is 9.08. The Morgan fingerprint density at radius 3 is 2.76 bits per heavy atom. The van der Waals surface area contributed by atoms with Crippen LogP contribution in [0, 0.1) is 23.2 Å². The first-order valence-electron chi connectivity index (χ1n) is 12.8. The highest BCUT2D eigenvalue weighted by atomic mass is 28.4. The fraction of sp³-hybridized carbons (Fsp3) is 0.643. The molecule has 0 radical (unpaired) electrons. The van der Waals surface area contributed by atoms with Crippen molar-refractivity contribution < 1.29 is 4.43 Å². The van der Waals surface area contributed by atoms with Gasteiger partial charge in [-0.3, -0.25) is 4.68 Å². The number of aryl methyl sites for hydroxylation is 2. The van der Waals surface area contributed by atoms with E-state index in [0.29, 0.717) is 18.3 Å². The molecule has 4 nitrogen and oxygen atoms in total. The van der Waals surface area contributed by atoms with Crippen molar-refractivity contribution in [1.29, 1.82) is 5.26 Å². The van der Waals surface area contributed by atoms with E-state index in [1.54, 1.807) is 5.56 Å². The molecule has 3 aliphatic rings. The zero-order chi connectivity index (χ0) is 23.6. The third-order valence-corrected chi connectivity index (χ3v) is 14.0. The van der Waals surface area contributed by atoms with Crippen LogP contribution in [0.4, 0.5) is 0 Å². The Morgan fingerprint density at radius 2 is 2.03 bits per heavy atom. The molecule has 0 amide bonds. The van der Waals surface area contributed by atoms with E-state index in [9.17, 15) is 0 Å². The normalized spacial score (nSPS) is 28.3. The number of hydrogen-bond donors (Lipinski definition) is 0. The second kappa shape index (κ2) is 7.73. The van der Waals surface area contributed by atoms with Gasteiger partial charge in [0.15, 0.2) is 0 Å². The van der Waals surface area contributed by atoms with Gasteiger partial charge in [0.2, 0.25) is 8.32 Å². The van der Waals surface area contributed by atoms with Crippen molar-refractivity contribution in [2.24, 2.45) is 11.8 Å². The van der Waals surface area contributed by atoms with Crippen molar-refractivity contribution in [2.45, 2.75) is 102 Å². The lowest BCUT2D eigenvalue weighted by atomic mass is 9.55. The molecule has 0 saturated heterocycles. The summed E-state index contributed by atoms with van der Waals surface area (Å²) in [6, 6.07) is 9.31. The molecule has 0 spiro atoms. The monoisotopic (exact) mass is 461 g/mol. The van der Waals surface area contributed by atoms with Crippen LogP contribution in [0.3, 0.4) is 0 Å². The average molecular weight is 462 g/mol. The van der Waals surface area contributed by atoms with Crippen LogP contribution in [-0.2, 0) is 24.8 Å². The Bertz CT molecular complexity index is 1110. The van der Waals surface area contributed by atoms with Gasteiger partial charge >= 0.3 is 0 Å². The van der Waals surface area contributed by atoms with Crippen LogP contribution in [-0.4, -0.2) is 18.1 Å². The summed E-state index contributed by atoms with van der Waals surface area (Å²) in [5, 5.41) is 14.0. The lowest BCUT2D eigenvalue weighted by Gasteiger charge is -2.49. The zero-order valence-corrected chi connectivity index (χ0v) is 22.2. The Balaban J connectivity index is 1.40. The van der Waals surface area contributed by atoms with Crippen LogP contribution < -0.4 is 4.43 Å². The standard InChI is InChI=1S/C28H39N3OSi/c1-27(2,3)33(5,6)32-21-9-11-22-19(16-21)8-10-24-23(22)12-13-28(4)25(24)17-20-18-30-31(26(20)28)15-7-14-29/h9,11,16,18,23-25H,7-8,10,12-13,15,17H2,1-6H3/t23-,24-,25+,28+/m1/s1. The molecule has 176 valence electrons. The summed E-state index contributed by atoms with van der Waals surface area (Å²) in [4.78, 5) is 0. The van der Waals surface area contributed by atoms with E-state index in [1.165, 1.54) is 36.1 Å². The molecular formula is C28H39N3OSi. The lowest BCUT2D eigenvalue weighted by Crippen LogP contribution is -2.44. The van der Waals surface area contributed by atoms with E-state index < -0.39 is 8.32 Å². The van der Waals surface area contributed by atoms with Gasteiger partial charge in [-0.1, -0.05) is 33.8 Å². The van der Waals surface area contributed by atoms with Crippen LogP contribution in [0.5, 0.6) is 5.75 Å². The Morgan fingerprint density at radius 1 is 1.24 bits per heavy atom. The van der Waals surface area contributed by atoms with Gasteiger partial charge in [0.05, 0.1) is 25.2 Å². The highest BCUT2D eigenvalue weighted by molar-refractivity contribution is 6.74. The topological polar surface area (TPSA) is 50.8 Å². The first-order chi connectivity index (χ1) is 15.5. The summed E-state index contributed by atoms with van der Waals surface area (Å²) < 4.78 is 8.79. The minimum Gasteiger partial charge on any atom is -0.543 e. The number of hydrogen-bond acceptors (Lipinski definition) is 3. The summed E-state index contributed by atoms with van der Waals surface area (Å²) in [7, 11) is -1.83. The van der Waals surface area contributed by atoms with Crippen LogP contribution in [0.15, 0.2) is 24.4 Å². The van der Waals surface area contributed by atoms with Gasteiger partial charge < -0.3 is 4.43 Å². The van der Waals surface area contributed by atoms with Crippen molar-refractivity contribution in [2.75, 3.05) is 0 Å². The molecule has 1 fully saturated rings. The van der Waals surface area contributed by atoms with E-state index in [4.69, 9.17) is 9.69 Å². The van der Waals surface area contributed by atoms with E-state index in [2.05, 4.69) is 81.0 Å². The molecule has 1 heterocycles. The first-order valence-corrected chi connectivity index (χ1v) is 15.7. The van der Waals surface area contributed by atoms with Crippen molar-refractivity contribution >= 4 is 8.32 Å². The van der Waals surface area contributed by atoms with Crippen LogP contribution in [0.25, 0.3) is 0 Å². The van der Waals surface area contributed by atoms with Gasteiger partial charge in [0.25, 0.3) is 0 Å². The van der Waals surface area contributed by atoms with Gasteiger partial charge in [-0.15, -0.1) is 0 Å². The Hall–Kier alpha value is -2.06. The molecule has 2 aromatic rings. The number of benzene rings is 1. The largest absolute Gasteiger partial charge is 0.543 e. The fourth-order valence-corrected chi connectivity index (χ4v) is 7.88. The van der Waals surface area contributed by atoms with Gasteiger partial charge in [0, 0.05) is 11.1 Å². The second-order valence-corrected chi connectivity index (χ2v) is 17.2. The molecule has 4 atom stereocenters. The smallest absolute Gasteiger partial charge is 0.250 e. The van der Waals surface area contributed by atoms with E-state index in [-0.39, 0.29) is 10.5 Å². The number of nitrogens with zero attached hydrogens (tertiary/aromatic N) is 3. The number of nitriles is 1. The molecule has 1 saturated carbocycles. The molecule has 3 aliphatic carbocycles. The Labute approximate surface area is 200 Å². The van der Waals surface area contributed by atoms with Crippen LogP contribution in [0.1, 0.15) is 81.7 Å². The highest BCUT2D eigenvalue weighted by Gasteiger charge is 2.54. The third kappa shape index (κ3) is 3.57. The quantitative estimate of drug-likeness (QED) is 0.473. The molecule has 0 aliphatic heterocycles. The summed E-state index contributed by atoms with van der Waals surface area (Å²) >= 11 is 0. The maximum Gasteiger partial charge on any atom is 0.250 e. The molecule has 0 N–H and O–H groups in total. The van der Waals surface area contributed by atoms with Crippen molar-refractivity contribution in [1.82, 2.24) is 9.78 Å². The molecule has 0 unspecified atom stereocenters. The summed E-state index contributed by atoms with van der Waals surface area (Å²) in [6.07, 6.45) is 8.68. The van der Waals surface area contributed by atoms with Crippen molar-refractivity contribution in [3.05, 3.63) is 46.8 Å². The van der Waals surface area contributed by atoms with Gasteiger partial charge in [-0.05, 0) is 96.8 Å². The molecule has 33 heavy (non-hydrogen) atoms. The zero-order valence-electron chi connectivity index (χ0n) is 21.2. The van der Waals surface area contributed by atoms with Gasteiger partial charge in [0.1, 0.15) is 5.75 Å². The van der Waals surface area contributed by atoms with Crippen LogP contribution in [0.2, 0.25) is 18.1 Å². The average Bonchev–Trinajstić information content (AvgIpc) is 3.28. The molecule has 1 aromatic carbocycles. The van der Waals surface area contributed by atoms with Crippen LogP contribution >= 0.6 is 0 Å². The SMILES string of the molecule is CC(C)(C)[Si](C)(C)Oc1ccc2c(c1)CC[C@@H]1[C@@H]2CC[C@]2(C)c3c(cnn3CCC#N)C[C@@H]12. The minimum absolute atomic E-state index is 0.200. The number of fused-ring (bicyclic) bond motifs is 7. The predicted octanol–water partition coefficient (Wildman–Crippen LogP) is 6.75. The minimum atomic E-state index is -1.83. The predicted molar refractivity (Wildman–Crippen MR) is 135 cm³/mol. The molecule has 5 heteroatoms. The summed E-state index contributed by atoms with van der Waals surface area (Å²) in [5.74, 6) is 3.16. The molecule has 0 bridgehead atoms. The lowest BCUT2D eigenvalue weighted by molar-refractivity contribution is 0.0998. The number of aromatic nitrogens is 2. The third-order valence-electron chi connectivity index (χ3n) is 9.60. The molecule has 5 rings (SSSR count). The first kappa shape index (κ1) is 22.7. The van der Waals surface area contributed by atoms with Gasteiger partial charge in [-0.25, -0.2) is 0 Å². The Kier molecular flexibility index (Phi) is 5.32. The molecular weight excluding hydrogens is 422 g/mol. The van der Waals surface area contributed by atoms with E-state index >= 15 is 0 Å². The molecule has 1 aromatic heterocycles. The highest BCUT2D eigenvalue weighted by Crippen LogP contribution is 2.60. The van der Waals surface area contributed by atoms with Crippen molar-refractivity contribution in [3.8, 4) is 11.8 Å². The summed E-state index contributed by atoms with van der Waals surface area (Å²) in [6.45, 7) is 14.8. The van der Waals surface area contributed by atoms with Crippen molar-refractivity contribution in [3.63, 3.8) is 0 Å². The second-order valence-electron chi connectivity index (χ2n) is 12.4.